The first-order valence-electron chi connectivity index (χ1n) is 9.71. The van der Waals surface area contributed by atoms with Gasteiger partial charge in [-0.25, -0.2) is 0 Å². The van der Waals surface area contributed by atoms with Gasteiger partial charge < -0.3 is 10.6 Å². The van der Waals surface area contributed by atoms with Gasteiger partial charge in [0.05, 0.1) is 5.69 Å². The van der Waals surface area contributed by atoms with E-state index in [4.69, 9.17) is 0 Å². The summed E-state index contributed by atoms with van der Waals surface area (Å²) in [5, 5.41) is 5.78. The highest BCUT2D eigenvalue weighted by atomic mass is 16.2. The third-order valence-electron chi connectivity index (χ3n) is 4.94. The molecule has 0 aliphatic heterocycles. The second kappa shape index (κ2) is 10.6. The van der Waals surface area contributed by atoms with Crippen molar-refractivity contribution in [3.8, 4) is 0 Å². The van der Waals surface area contributed by atoms with E-state index in [0.717, 1.165) is 32.1 Å². The highest BCUT2D eigenvalue weighted by molar-refractivity contribution is 5.95. The molecule has 1 aromatic rings. The van der Waals surface area contributed by atoms with Gasteiger partial charge in [0, 0.05) is 24.2 Å². The van der Waals surface area contributed by atoms with Crippen molar-refractivity contribution < 1.29 is 14.4 Å². The summed E-state index contributed by atoms with van der Waals surface area (Å²) in [6, 6.07) is 4.72. The molecule has 2 rings (SSSR count). The molecule has 0 saturated heterocycles. The van der Waals surface area contributed by atoms with E-state index in [-0.39, 0.29) is 29.6 Å². The van der Waals surface area contributed by atoms with Gasteiger partial charge >= 0.3 is 0 Å². The van der Waals surface area contributed by atoms with Crippen LogP contribution >= 0.6 is 0 Å². The minimum absolute atomic E-state index is 0.111. The molecule has 146 valence electrons. The lowest BCUT2D eigenvalue weighted by molar-refractivity contribution is -0.128. The van der Waals surface area contributed by atoms with Crippen molar-refractivity contribution in [3.63, 3.8) is 0 Å². The Balaban J connectivity index is 1.96. The quantitative estimate of drug-likeness (QED) is 0.653. The number of unbranched alkanes of at least 4 members (excludes halogenated alkanes) is 1. The molecule has 0 unspecified atom stereocenters. The fourth-order valence-corrected chi connectivity index (χ4v) is 3.44. The number of amides is 2. The van der Waals surface area contributed by atoms with Crippen LogP contribution < -0.4 is 10.6 Å². The molecule has 0 aromatic carbocycles. The third-order valence-corrected chi connectivity index (χ3v) is 4.94. The monoisotopic (exact) mass is 371 g/mol. The van der Waals surface area contributed by atoms with Crippen LogP contribution in [0.25, 0.3) is 6.08 Å². The molecule has 6 heteroatoms. The Morgan fingerprint density at radius 1 is 1.30 bits per heavy atom. The van der Waals surface area contributed by atoms with Crippen molar-refractivity contribution >= 4 is 23.7 Å². The van der Waals surface area contributed by atoms with Gasteiger partial charge in [-0.05, 0) is 44.4 Å². The van der Waals surface area contributed by atoms with Gasteiger partial charge in [0.15, 0.2) is 0 Å². The summed E-state index contributed by atoms with van der Waals surface area (Å²) in [6.45, 7) is 3.62. The number of hydrogen-bond acceptors (Lipinski definition) is 4. The Morgan fingerprint density at radius 3 is 2.78 bits per heavy atom. The van der Waals surface area contributed by atoms with Crippen LogP contribution in [0.3, 0.4) is 0 Å². The zero-order chi connectivity index (χ0) is 19.6. The lowest BCUT2D eigenvalue weighted by Gasteiger charge is -2.23. The molecule has 2 amide bonds. The van der Waals surface area contributed by atoms with Crippen LogP contribution in [0.15, 0.2) is 30.5 Å². The summed E-state index contributed by atoms with van der Waals surface area (Å²) in [5.74, 6) is -0.529. The second-order valence-corrected chi connectivity index (χ2v) is 7.05. The van der Waals surface area contributed by atoms with Crippen molar-refractivity contribution in [2.45, 2.75) is 64.5 Å². The zero-order valence-electron chi connectivity index (χ0n) is 16.1. The van der Waals surface area contributed by atoms with Crippen molar-refractivity contribution in [3.05, 3.63) is 36.2 Å². The maximum absolute atomic E-state index is 12.7. The predicted octanol–water partition coefficient (Wildman–Crippen LogP) is 2.64. The molecule has 6 nitrogen and oxygen atoms in total. The number of aromatic nitrogens is 1. The van der Waals surface area contributed by atoms with Gasteiger partial charge in [0.25, 0.3) is 0 Å². The molecule has 0 radical (unpaired) electrons. The number of pyridine rings is 1. The zero-order valence-corrected chi connectivity index (χ0v) is 16.1. The molecule has 3 atom stereocenters. The number of nitrogens with one attached hydrogen (secondary N) is 2. The summed E-state index contributed by atoms with van der Waals surface area (Å²) in [7, 11) is 0. The minimum Gasteiger partial charge on any atom is -0.351 e. The third kappa shape index (κ3) is 6.62. The smallest absolute Gasteiger partial charge is 0.244 e. The van der Waals surface area contributed by atoms with Crippen LogP contribution in [0.2, 0.25) is 0 Å². The van der Waals surface area contributed by atoms with Crippen LogP contribution in [0, 0.1) is 5.92 Å². The Morgan fingerprint density at radius 2 is 2.11 bits per heavy atom. The number of carbonyl (C=O) groups is 3. The molecule has 27 heavy (non-hydrogen) atoms. The number of ketones is 1. The molecule has 1 fully saturated rings. The van der Waals surface area contributed by atoms with Gasteiger partial charge in [0.1, 0.15) is 11.8 Å². The van der Waals surface area contributed by atoms with Crippen LogP contribution in [0.4, 0.5) is 0 Å². The van der Waals surface area contributed by atoms with E-state index >= 15 is 0 Å². The summed E-state index contributed by atoms with van der Waals surface area (Å²) >= 11 is 0. The first kappa shape index (κ1) is 20.8. The molecule has 0 bridgehead atoms. The first-order valence-corrected chi connectivity index (χ1v) is 9.71. The molecule has 1 aliphatic carbocycles. The van der Waals surface area contributed by atoms with Crippen molar-refractivity contribution in [1.29, 1.82) is 0 Å². The van der Waals surface area contributed by atoms with E-state index in [9.17, 15) is 14.4 Å². The van der Waals surface area contributed by atoms with E-state index in [1.807, 2.05) is 13.0 Å². The summed E-state index contributed by atoms with van der Waals surface area (Å²) < 4.78 is 0. The van der Waals surface area contributed by atoms with E-state index in [1.165, 1.54) is 6.08 Å². The lowest BCUT2D eigenvalue weighted by Crippen LogP contribution is -2.50. The van der Waals surface area contributed by atoms with E-state index in [1.54, 1.807) is 31.3 Å². The summed E-state index contributed by atoms with van der Waals surface area (Å²) in [6.07, 6.45) is 9.57. The molecular formula is C21H29N3O3. The van der Waals surface area contributed by atoms with Gasteiger partial charge in [-0.1, -0.05) is 32.3 Å². The molecule has 0 spiro atoms. The normalized spacial score (nSPS) is 20.4. The second-order valence-electron chi connectivity index (χ2n) is 7.05. The minimum atomic E-state index is -0.598. The van der Waals surface area contributed by atoms with E-state index in [0.29, 0.717) is 12.1 Å². The Kier molecular flexibility index (Phi) is 8.17. The van der Waals surface area contributed by atoms with Crippen LogP contribution in [-0.2, 0) is 14.4 Å². The molecule has 2 N–H and O–H groups in total. The summed E-state index contributed by atoms with van der Waals surface area (Å²) in [5.41, 5.74) is 0.678. The topological polar surface area (TPSA) is 88.2 Å². The van der Waals surface area contributed by atoms with Crippen molar-refractivity contribution in [2.24, 2.45) is 5.92 Å². The fourth-order valence-electron chi connectivity index (χ4n) is 3.44. The molecule has 1 heterocycles. The number of Topliss-reactive ketones (excluding diaryl/α,β-unsaturated/α-hetero) is 1. The molecular weight excluding hydrogens is 342 g/mol. The number of carbonyl (C=O) groups excluding carboxylic acids is 3. The molecule has 1 saturated carbocycles. The van der Waals surface area contributed by atoms with Crippen molar-refractivity contribution in [2.75, 3.05) is 0 Å². The average Bonchev–Trinajstić information content (AvgIpc) is 3.12. The Labute approximate surface area is 160 Å². The summed E-state index contributed by atoms with van der Waals surface area (Å²) in [4.78, 5) is 40.8. The highest BCUT2D eigenvalue weighted by Crippen LogP contribution is 2.26. The predicted molar refractivity (Wildman–Crippen MR) is 105 cm³/mol. The van der Waals surface area contributed by atoms with Crippen LogP contribution in [0.1, 0.15) is 58.1 Å². The van der Waals surface area contributed by atoms with Crippen LogP contribution in [0.5, 0.6) is 0 Å². The maximum atomic E-state index is 12.7. The van der Waals surface area contributed by atoms with Crippen molar-refractivity contribution in [1.82, 2.24) is 15.6 Å². The van der Waals surface area contributed by atoms with Gasteiger partial charge in [-0.15, -0.1) is 0 Å². The largest absolute Gasteiger partial charge is 0.351 e. The average molecular weight is 371 g/mol. The van der Waals surface area contributed by atoms with E-state index in [2.05, 4.69) is 15.6 Å². The number of rotatable bonds is 9. The van der Waals surface area contributed by atoms with Gasteiger partial charge in [0.2, 0.25) is 11.8 Å². The fraction of sp³-hybridized carbons (Fsp3) is 0.524. The number of nitrogens with zero attached hydrogens (tertiary/aromatic N) is 1. The highest BCUT2D eigenvalue weighted by Gasteiger charge is 2.33. The molecule has 1 aromatic heterocycles. The van der Waals surface area contributed by atoms with Gasteiger partial charge in [-0.3, -0.25) is 19.4 Å². The SMILES string of the molecule is CCCC[C@H](NC(=O)/C=C/c1ccccn1)C(=O)N[C@H]1CCC[C@H]1C(C)=O. The Bertz CT molecular complexity index is 673. The first-order chi connectivity index (χ1) is 13.0. The standard InChI is InChI=1S/C21H29N3O3/c1-3-4-10-19(21(27)24-18-11-7-9-17(18)15(2)25)23-20(26)13-12-16-8-5-6-14-22-16/h5-6,8,12-14,17-19H,3-4,7,9-11H2,1-2H3,(H,23,26)(H,24,27)/b13-12+/t17-,18-,19-/m0/s1. The van der Waals surface area contributed by atoms with Crippen LogP contribution in [-0.4, -0.2) is 34.7 Å². The lowest BCUT2D eigenvalue weighted by atomic mass is 9.98. The van der Waals surface area contributed by atoms with Gasteiger partial charge in [-0.2, -0.15) is 0 Å². The van der Waals surface area contributed by atoms with E-state index < -0.39 is 6.04 Å². The maximum Gasteiger partial charge on any atom is 0.244 e. The Hall–Kier alpha value is -2.50. The molecule has 1 aliphatic rings. The number of hydrogen-bond donors (Lipinski definition) is 2.